The van der Waals surface area contributed by atoms with Crippen LogP contribution < -0.4 is 0 Å². The van der Waals surface area contributed by atoms with Gasteiger partial charge in [0.2, 0.25) is 0 Å². The zero-order chi connectivity index (χ0) is 22.8. The van der Waals surface area contributed by atoms with Gasteiger partial charge < -0.3 is 20.4 Å². The van der Waals surface area contributed by atoms with Gasteiger partial charge in [0.1, 0.15) is 0 Å². The Morgan fingerprint density at radius 2 is 1.90 bits per heavy atom. The lowest BCUT2D eigenvalue weighted by atomic mass is 9.60. The normalized spacial score (nSPS) is 37.8. The van der Waals surface area contributed by atoms with Crippen molar-refractivity contribution in [2.45, 2.75) is 96.9 Å². The predicted molar refractivity (Wildman–Crippen MR) is 125 cm³/mol. The van der Waals surface area contributed by atoms with Crippen LogP contribution in [0.25, 0.3) is 0 Å². The molecule has 6 atom stereocenters. The Hall–Kier alpha value is -0.940. The molecule has 0 radical (unpaired) electrons. The van der Waals surface area contributed by atoms with E-state index in [-0.39, 0.29) is 12.8 Å². The van der Waals surface area contributed by atoms with Crippen molar-refractivity contribution in [2.24, 2.45) is 29.1 Å². The Bertz CT molecular complexity index is 706. The Balaban J connectivity index is 1.71. The standard InChI is InChI=1S/C27H44O4/c1-18(17-28)7-5-8-19(2)23-12-13-24-21(9-6-14-26(23,24)4)10-11-22-15-27(30,31)16-25(29)20(22)3/h10-11,18-19,23-25,28-31H,3,5-9,12-17H2,1-2,4H3/b21-10+,22-11+/t18?,19-,23-,24+,25?,26-/m1/s1. The average molecular weight is 433 g/mol. The van der Waals surface area contributed by atoms with E-state index in [0.29, 0.717) is 35.3 Å². The molecule has 3 saturated carbocycles. The summed E-state index contributed by atoms with van der Waals surface area (Å²) in [5.41, 5.74) is 3.19. The SMILES string of the molecule is C=C1/C(=C/C=C2\CCC[C@]3(C)[C@@H]([C@H](C)CCCC(C)CO)CC[C@@H]23)CC(O)(O)CC1O. The fraction of sp³-hybridized carbons (Fsp3) is 0.778. The molecule has 176 valence electrons. The van der Waals surface area contributed by atoms with Crippen molar-refractivity contribution in [1.82, 2.24) is 0 Å². The second-order valence-electron chi connectivity index (χ2n) is 11.1. The fourth-order valence-electron chi connectivity index (χ4n) is 6.81. The fourth-order valence-corrected chi connectivity index (χ4v) is 6.81. The molecule has 0 aromatic rings. The molecule has 4 heteroatoms. The number of aliphatic hydroxyl groups excluding tert-OH is 2. The van der Waals surface area contributed by atoms with Gasteiger partial charge in [-0.25, -0.2) is 0 Å². The zero-order valence-electron chi connectivity index (χ0n) is 19.8. The van der Waals surface area contributed by atoms with Crippen LogP contribution in [-0.2, 0) is 0 Å². The van der Waals surface area contributed by atoms with Crippen LogP contribution in [0.5, 0.6) is 0 Å². The molecule has 2 unspecified atom stereocenters. The molecule has 0 aromatic heterocycles. The molecule has 0 saturated heterocycles. The van der Waals surface area contributed by atoms with Crippen molar-refractivity contribution < 1.29 is 20.4 Å². The first-order valence-electron chi connectivity index (χ1n) is 12.4. The highest BCUT2D eigenvalue weighted by molar-refractivity contribution is 5.39. The van der Waals surface area contributed by atoms with Gasteiger partial charge in [0.05, 0.1) is 6.10 Å². The number of aliphatic hydroxyl groups is 4. The van der Waals surface area contributed by atoms with Crippen molar-refractivity contribution in [3.05, 3.63) is 35.5 Å². The average Bonchev–Trinajstić information content (AvgIpc) is 3.06. The summed E-state index contributed by atoms with van der Waals surface area (Å²) in [6, 6.07) is 0. The third kappa shape index (κ3) is 5.52. The summed E-state index contributed by atoms with van der Waals surface area (Å²) in [6.07, 6.45) is 13.0. The van der Waals surface area contributed by atoms with Gasteiger partial charge in [-0.15, -0.1) is 0 Å². The van der Waals surface area contributed by atoms with Gasteiger partial charge in [0.15, 0.2) is 5.79 Å². The maximum Gasteiger partial charge on any atom is 0.169 e. The van der Waals surface area contributed by atoms with Gasteiger partial charge in [-0.1, -0.05) is 57.9 Å². The zero-order valence-corrected chi connectivity index (χ0v) is 19.8. The van der Waals surface area contributed by atoms with Crippen LogP contribution >= 0.6 is 0 Å². The van der Waals surface area contributed by atoms with Crippen LogP contribution in [0, 0.1) is 29.1 Å². The molecular weight excluding hydrogens is 388 g/mol. The van der Waals surface area contributed by atoms with Crippen molar-refractivity contribution in [1.29, 1.82) is 0 Å². The molecule has 0 aromatic carbocycles. The summed E-state index contributed by atoms with van der Waals surface area (Å²) in [5.74, 6) is 0.592. The lowest BCUT2D eigenvalue weighted by molar-refractivity contribution is -0.181. The Morgan fingerprint density at radius 1 is 1.16 bits per heavy atom. The largest absolute Gasteiger partial charge is 0.396 e. The number of rotatable bonds is 7. The maximum absolute atomic E-state index is 10.1. The van der Waals surface area contributed by atoms with E-state index in [4.69, 9.17) is 0 Å². The molecule has 3 aliphatic rings. The van der Waals surface area contributed by atoms with Gasteiger partial charge in [-0.2, -0.15) is 0 Å². The third-order valence-electron chi connectivity index (χ3n) is 8.70. The second-order valence-corrected chi connectivity index (χ2v) is 11.1. The van der Waals surface area contributed by atoms with Crippen molar-refractivity contribution >= 4 is 0 Å². The van der Waals surface area contributed by atoms with E-state index in [2.05, 4.69) is 33.4 Å². The highest BCUT2D eigenvalue weighted by atomic mass is 16.5. The van der Waals surface area contributed by atoms with E-state index in [1.165, 1.54) is 44.1 Å². The summed E-state index contributed by atoms with van der Waals surface area (Å²) in [6.45, 7) is 11.3. The molecule has 31 heavy (non-hydrogen) atoms. The Kier molecular flexibility index (Phi) is 7.89. The summed E-state index contributed by atoms with van der Waals surface area (Å²) in [5, 5.41) is 39.5. The minimum Gasteiger partial charge on any atom is -0.396 e. The van der Waals surface area contributed by atoms with E-state index >= 15 is 0 Å². The summed E-state index contributed by atoms with van der Waals surface area (Å²) >= 11 is 0. The second kappa shape index (κ2) is 9.91. The molecule has 4 nitrogen and oxygen atoms in total. The third-order valence-corrected chi connectivity index (χ3v) is 8.70. The first-order valence-corrected chi connectivity index (χ1v) is 12.4. The molecule has 0 spiro atoms. The molecule has 4 N–H and O–H groups in total. The summed E-state index contributed by atoms with van der Waals surface area (Å²) in [7, 11) is 0. The molecular formula is C27H44O4. The van der Waals surface area contributed by atoms with E-state index in [1.807, 2.05) is 6.08 Å². The minimum atomic E-state index is -1.85. The van der Waals surface area contributed by atoms with Crippen LogP contribution in [0.1, 0.15) is 85.0 Å². The first-order chi connectivity index (χ1) is 14.6. The lowest BCUT2D eigenvalue weighted by Crippen LogP contribution is -2.39. The van der Waals surface area contributed by atoms with Gasteiger partial charge in [0.25, 0.3) is 0 Å². The smallest absolute Gasteiger partial charge is 0.169 e. The van der Waals surface area contributed by atoms with Crippen molar-refractivity contribution in [2.75, 3.05) is 6.61 Å². The Morgan fingerprint density at radius 3 is 2.61 bits per heavy atom. The number of hydrogen-bond acceptors (Lipinski definition) is 4. The lowest BCUT2D eigenvalue weighted by Gasteiger charge is -2.44. The van der Waals surface area contributed by atoms with Gasteiger partial charge in [-0.3, -0.25) is 0 Å². The van der Waals surface area contributed by atoms with Crippen LogP contribution in [0.15, 0.2) is 35.5 Å². The monoisotopic (exact) mass is 432 g/mol. The molecule has 3 aliphatic carbocycles. The van der Waals surface area contributed by atoms with Gasteiger partial charge in [-0.05, 0) is 78.8 Å². The van der Waals surface area contributed by atoms with Crippen molar-refractivity contribution in [3.63, 3.8) is 0 Å². The number of hydrogen-bond donors (Lipinski definition) is 4. The summed E-state index contributed by atoms with van der Waals surface area (Å²) in [4.78, 5) is 0. The molecule has 0 amide bonds. The maximum atomic E-state index is 10.1. The number of allylic oxidation sites excluding steroid dienone is 3. The van der Waals surface area contributed by atoms with Crippen LogP contribution in [0.3, 0.4) is 0 Å². The molecule has 0 heterocycles. The first kappa shape index (κ1) is 24.7. The summed E-state index contributed by atoms with van der Waals surface area (Å²) < 4.78 is 0. The van der Waals surface area contributed by atoms with Gasteiger partial charge >= 0.3 is 0 Å². The van der Waals surface area contributed by atoms with E-state index in [9.17, 15) is 20.4 Å². The topological polar surface area (TPSA) is 80.9 Å². The minimum absolute atomic E-state index is 0.0723. The van der Waals surface area contributed by atoms with Crippen LogP contribution in [0.2, 0.25) is 0 Å². The van der Waals surface area contributed by atoms with E-state index in [1.54, 1.807) is 0 Å². The van der Waals surface area contributed by atoms with Gasteiger partial charge in [0, 0.05) is 19.4 Å². The van der Waals surface area contributed by atoms with Crippen LogP contribution in [0.4, 0.5) is 0 Å². The van der Waals surface area contributed by atoms with E-state index < -0.39 is 11.9 Å². The quantitative estimate of drug-likeness (QED) is 0.432. The van der Waals surface area contributed by atoms with Crippen LogP contribution in [-0.4, -0.2) is 38.9 Å². The molecule has 0 aliphatic heterocycles. The highest BCUT2D eigenvalue weighted by Gasteiger charge is 2.50. The number of fused-ring (bicyclic) bond motifs is 1. The molecule has 3 fully saturated rings. The van der Waals surface area contributed by atoms with Crippen molar-refractivity contribution in [3.8, 4) is 0 Å². The Labute approximate surface area is 188 Å². The highest BCUT2D eigenvalue weighted by Crippen LogP contribution is 2.60. The molecule has 3 rings (SSSR count). The molecule has 0 bridgehead atoms. The predicted octanol–water partition coefficient (Wildman–Crippen LogP) is 4.88. The van der Waals surface area contributed by atoms with E-state index in [0.717, 1.165) is 24.3 Å².